The van der Waals surface area contributed by atoms with Gasteiger partial charge in [-0.2, -0.15) is 13.2 Å². The number of rotatable bonds is 6. The average molecular weight is 385 g/mol. The maximum Gasteiger partial charge on any atom is 0.416 e. The lowest BCUT2D eigenvalue weighted by Gasteiger charge is -2.36. The molecule has 24 heavy (non-hydrogen) atoms. The van der Waals surface area contributed by atoms with Gasteiger partial charge >= 0.3 is 6.18 Å². The Balaban J connectivity index is 0.00000288. The molecule has 1 aromatic rings. The summed E-state index contributed by atoms with van der Waals surface area (Å²) in [6.45, 7) is 5.29. The van der Waals surface area contributed by atoms with Gasteiger partial charge in [-0.15, -0.1) is 12.4 Å². The molecule has 7 heteroatoms. The van der Waals surface area contributed by atoms with E-state index in [1.807, 2.05) is 0 Å². The normalized spacial score (nSPS) is 17.4. The Kier molecular flexibility index (Phi) is 8.85. The molecule has 0 aromatic heterocycles. The van der Waals surface area contributed by atoms with E-state index >= 15 is 0 Å². The van der Waals surface area contributed by atoms with Gasteiger partial charge in [0.05, 0.1) is 5.56 Å². The molecule has 1 N–H and O–H groups in total. The maximum atomic E-state index is 13.5. The summed E-state index contributed by atoms with van der Waals surface area (Å²) in [5.74, 6) is 0. The first kappa shape index (κ1) is 21.6. The molecule has 1 atom stereocenters. The Hall–Kier alpha value is -0.490. The number of benzene rings is 1. The van der Waals surface area contributed by atoms with E-state index in [4.69, 9.17) is 11.6 Å². The Labute approximate surface area is 153 Å². The third kappa shape index (κ3) is 5.80. The molecule has 1 saturated heterocycles. The van der Waals surface area contributed by atoms with Crippen LogP contribution in [0.25, 0.3) is 0 Å². The molecule has 138 valence electrons. The van der Waals surface area contributed by atoms with Gasteiger partial charge in [0.15, 0.2) is 0 Å². The summed E-state index contributed by atoms with van der Waals surface area (Å²) in [6, 6.07) is 3.99. The van der Waals surface area contributed by atoms with Gasteiger partial charge in [-0.25, -0.2) is 0 Å². The highest BCUT2D eigenvalue weighted by molar-refractivity contribution is 6.30. The first-order chi connectivity index (χ1) is 10.9. The van der Waals surface area contributed by atoms with Gasteiger partial charge in [-0.3, -0.25) is 4.90 Å². The second-order valence-corrected chi connectivity index (χ2v) is 6.46. The van der Waals surface area contributed by atoms with Crippen molar-refractivity contribution < 1.29 is 13.2 Å². The summed E-state index contributed by atoms with van der Waals surface area (Å²) in [5.41, 5.74) is -0.232. The van der Waals surface area contributed by atoms with Crippen molar-refractivity contribution in [3.8, 4) is 0 Å². The first-order valence-electron chi connectivity index (χ1n) is 8.25. The van der Waals surface area contributed by atoms with Crippen molar-refractivity contribution in [1.29, 1.82) is 0 Å². The molecule has 1 aromatic carbocycles. The lowest BCUT2D eigenvalue weighted by molar-refractivity contribution is -0.138. The van der Waals surface area contributed by atoms with Crippen LogP contribution in [0, 0.1) is 0 Å². The fraction of sp³-hybridized carbons (Fsp3) is 0.647. The van der Waals surface area contributed by atoms with E-state index < -0.39 is 11.7 Å². The first-order valence-corrected chi connectivity index (χ1v) is 8.62. The maximum absolute atomic E-state index is 13.5. The van der Waals surface area contributed by atoms with E-state index in [2.05, 4.69) is 17.1 Å². The van der Waals surface area contributed by atoms with Crippen LogP contribution >= 0.6 is 24.0 Å². The molecule has 0 bridgehead atoms. The van der Waals surface area contributed by atoms with Crippen LogP contribution < -0.4 is 5.32 Å². The van der Waals surface area contributed by atoms with E-state index in [9.17, 15) is 13.2 Å². The number of hydrogen-bond donors (Lipinski definition) is 1. The second-order valence-electron chi connectivity index (χ2n) is 6.03. The fourth-order valence-corrected chi connectivity index (χ4v) is 3.35. The highest BCUT2D eigenvalue weighted by Crippen LogP contribution is 2.39. The van der Waals surface area contributed by atoms with Gasteiger partial charge in [0.1, 0.15) is 0 Å². The van der Waals surface area contributed by atoms with Crippen LogP contribution in [-0.4, -0.2) is 31.1 Å². The number of piperazine rings is 1. The summed E-state index contributed by atoms with van der Waals surface area (Å²) >= 11 is 5.82. The lowest BCUT2D eigenvalue weighted by atomic mass is 9.93. The van der Waals surface area contributed by atoms with E-state index in [0.29, 0.717) is 5.56 Å². The van der Waals surface area contributed by atoms with Gasteiger partial charge in [0.2, 0.25) is 0 Å². The molecule has 0 aliphatic carbocycles. The molecule has 0 saturated carbocycles. The van der Waals surface area contributed by atoms with Crippen LogP contribution in [0.3, 0.4) is 0 Å². The lowest BCUT2D eigenvalue weighted by Crippen LogP contribution is -2.45. The Morgan fingerprint density at radius 3 is 2.46 bits per heavy atom. The van der Waals surface area contributed by atoms with Gasteiger partial charge < -0.3 is 5.32 Å². The van der Waals surface area contributed by atoms with Crippen molar-refractivity contribution in [1.82, 2.24) is 10.2 Å². The van der Waals surface area contributed by atoms with Gasteiger partial charge in [0, 0.05) is 37.2 Å². The topological polar surface area (TPSA) is 15.3 Å². The van der Waals surface area contributed by atoms with Crippen LogP contribution in [0.4, 0.5) is 13.2 Å². The van der Waals surface area contributed by atoms with Crippen molar-refractivity contribution in [3.05, 3.63) is 34.3 Å². The van der Waals surface area contributed by atoms with Crippen LogP contribution in [0.1, 0.15) is 49.8 Å². The Morgan fingerprint density at radius 1 is 1.21 bits per heavy atom. The molecule has 0 unspecified atom stereocenters. The van der Waals surface area contributed by atoms with Crippen LogP contribution in [0.5, 0.6) is 0 Å². The summed E-state index contributed by atoms with van der Waals surface area (Å²) in [6.07, 6.45) is -0.598. The van der Waals surface area contributed by atoms with Crippen molar-refractivity contribution in [2.45, 2.75) is 44.8 Å². The van der Waals surface area contributed by atoms with Gasteiger partial charge in [-0.1, -0.05) is 43.9 Å². The van der Waals surface area contributed by atoms with Crippen molar-refractivity contribution in [3.63, 3.8) is 0 Å². The zero-order chi connectivity index (χ0) is 16.9. The summed E-state index contributed by atoms with van der Waals surface area (Å²) in [4.78, 5) is 2.17. The SMILES string of the molecule is CCCCC[C@@H](c1ccc(Cl)cc1C(F)(F)F)N1CCNCC1.Cl. The third-order valence-electron chi connectivity index (χ3n) is 4.35. The smallest absolute Gasteiger partial charge is 0.314 e. The highest BCUT2D eigenvalue weighted by atomic mass is 35.5. The predicted octanol–water partition coefficient (Wildman–Crippen LogP) is 5.31. The molecule has 2 rings (SSSR count). The predicted molar refractivity (Wildman–Crippen MR) is 95.0 cm³/mol. The molecule has 0 radical (unpaired) electrons. The zero-order valence-electron chi connectivity index (χ0n) is 13.8. The van der Waals surface area contributed by atoms with E-state index in [-0.39, 0.29) is 23.5 Å². The van der Waals surface area contributed by atoms with E-state index in [1.54, 1.807) is 12.1 Å². The molecular formula is C17H25Cl2F3N2. The number of alkyl halides is 3. The number of unbranched alkanes of at least 4 members (excludes halogenated alkanes) is 2. The van der Waals surface area contributed by atoms with Crippen molar-refractivity contribution >= 4 is 24.0 Å². The molecule has 1 fully saturated rings. The number of nitrogens with one attached hydrogen (secondary N) is 1. The molecule has 0 spiro atoms. The Morgan fingerprint density at radius 2 is 1.88 bits per heavy atom. The third-order valence-corrected chi connectivity index (χ3v) is 4.59. The van der Waals surface area contributed by atoms with Crippen molar-refractivity contribution in [2.75, 3.05) is 26.2 Å². The van der Waals surface area contributed by atoms with E-state index in [0.717, 1.165) is 57.9 Å². The van der Waals surface area contributed by atoms with Gasteiger partial charge in [0.25, 0.3) is 0 Å². The Bertz CT molecular complexity index is 503. The summed E-state index contributed by atoms with van der Waals surface area (Å²) in [5, 5.41) is 3.39. The summed E-state index contributed by atoms with van der Waals surface area (Å²) < 4.78 is 40.4. The molecule has 1 aliphatic rings. The minimum atomic E-state index is -4.38. The number of hydrogen-bond acceptors (Lipinski definition) is 2. The highest BCUT2D eigenvalue weighted by Gasteiger charge is 2.36. The van der Waals surface area contributed by atoms with Crippen LogP contribution in [0.2, 0.25) is 5.02 Å². The number of halogens is 5. The zero-order valence-corrected chi connectivity index (χ0v) is 15.4. The second kappa shape index (κ2) is 9.85. The summed E-state index contributed by atoms with van der Waals surface area (Å²) in [7, 11) is 0. The van der Waals surface area contributed by atoms with Crippen molar-refractivity contribution in [2.24, 2.45) is 0 Å². The number of nitrogens with zero attached hydrogens (tertiary/aromatic N) is 1. The monoisotopic (exact) mass is 384 g/mol. The molecular weight excluding hydrogens is 360 g/mol. The van der Waals surface area contributed by atoms with Crippen LogP contribution in [-0.2, 0) is 6.18 Å². The minimum Gasteiger partial charge on any atom is -0.314 e. The van der Waals surface area contributed by atoms with E-state index in [1.165, 1.54) is 0 Å². The fourth-order valence-electron chi connectivity index (χ4n) is 3.18. The minimum absolute atomic E-state index is 0. The average Bonchev–Trinajstić information content (AvgIpc) is 2.52. The molecule has 0 amide bonds. The van der Waals surface area contributed by atoms with Gasteiger partial charge in [-0.05, 0) is 24.1 Å². The standard InChI is InChI=1S/C17H24ClF3N2.ClH/c1-2-3-4-5-16(23-10-8-22-9-11-23)14-7-6-13(18)12-15(14)17(19,20)21;/h6-7,12,16,22H,2-5,8-11H2,1H3;1H/t16-;/m0./s1. The molecule has 1 aliphatic heterocycles. The molecule has 2 nitrogen and oxygen atoms in total. The molecule has 1 heterocycles. The van der Waals surface area contributed by atoms with Crippen LogP contribution in [0.15, 0.2) is 18.2 Å². The quantitative estimate of drug-likeness (QED) is 0.668. The largest absolute Gasteiger partial charge is 0.416 e.